The average Bonchev–Trinajstić information content (AvgIpc) is 2.62. The molecule has 0 fully saturated rings. The van der Waals surface area contributed by atoms with Crippen LogP contribution in [0.4, 0.5) is 0 Å². The zero-order valence-electron chi connectivity index (χ0n) is 15.2. The third-order valence-electron chi connectivity index (χ3n) is 5.75. The van der Waals surface area contributed by atoms with Crippen LogP contribution in [-0.2, 0) is 19.5 Å². The van der Waals surface area contributed by atoms with Gasteiger partial charge in [-0.2, -0.15) is 0 Å². The van der Waals surface area contributed by atoms with Crippen molar-refractivity contribution < 1.29 is 4.90 Å². The van der Waals surface area contributed by atoms with E-state index in [1.165, 1.54) is 27.2 Å². The number of hydrogen-bond acceptors (Lipinski definition) is 1. The summed E-state index contributed by atoms with van der Waals surface area (Å²) in [5.74, 6) is 0. The molecule has 2 aromatic carbocycles. The van der Waals surface area contributed by atoms with Crippen LogP contribution in [0.25, 0.3) is 10.9 Å². The number of nitrogens with one attached hydrogen (secondary N) is 2. The average molecular weight is 333 g/mol. The molecule has 0 amide bonds. The second kappa shape index (κ2) is 6.16. The lowest BCUT2D eigenvalue weighted by molar-refractivity contribution is -0.929. The van der Waals surface area contributed by atoms with Gasteiger partial charge in [-0.25, -0.2) is 0 Å². The van der Waals surface area contributed by atoms with Crippen molar-refractivity contribution in [3.8, 4) is 0 Å². The number of hydrogen-bond donors (Lipinski definition) is 2. The van der Waals surface area contributed by atoms with Gasteiger partial charge >= 0.3 is 0 Å². The van der Waals surface area contributed by atoms with Crippen molar-refractivity contribution in [1.29, 1.82) is 0 Å². The number of fused-ring (bicyclic) bond motifs is 2. The quantitative estimate of drug-likeness (QED) is 0.743. The Hall–Kier alpha value is -2.39. The predicted octanol–water partition coefficient (Wildman–Crippen LogP) is 2.59. The first-order valence-electron chi connectivity index (χ1n) is 9.06. The first kappa shape index (κ1) is 16.1. The summed E-state index contributed by atoms with van der Waals surface area (Å²) >= 11 is 0. The van der Waals surface area contributed by atoms with Crippen LogP contribution in [0.3, 0.4) is 0 Å². The van der Waals surface area contributed by atoms with Crippen molar-refractivity contribution in [2.75, 3.05) is 6.54 Å². The van der Waals surface area contributed by atoms with Gasteiger partial charge in [0.2, 0.25) is 0 Å². The summed E-state index contributed by atoms with van der Waals surface area (Å²) in [6.45, 7) is 9.08. The minimum Gasteiger partial charge on any atom is -0.358 e. The third kappa shape index (κ3) is 2.79. The van der Waals surface area contributed by atoms with Crippen LogP contribution in [0.2, 0.25) is 0 Å². The Morgan fingerprint density at radius 2 is 1.80 bits per heavy atom. The maximum atomic E-state index is 13.1. The molecule has 1 aliphatic heterocycles. The number of rotatable bonds is 2. The van der Waals surface area contributed by atoms with Crippen LogP contribution in [0.1, 0.15) is 33.5 Å². The molecule has 0 aliphatic carbocycles. The highest BCUT2D eigenvalue weighted by molar-refractivity contribution is 5.83. The van der Waals surface area contributed by atoms with E-state index < -0.39 is 0 Å². The van der Waals surface area contributed by atoms with Gasteiger partial charge in [-0.1, -0.05) is 30.3 Å². The zero-order valence-corrected chi connectivity index (χ0v) is 15.2. The van der Waals surface area contributed by atoms with E-state index >= 15 is 0 Å². The molecule has 4 rings (SSSR count). The molecule has 0 saturated heterocycles. The molecule has 1 unspecified atom stereocenters. The number of quaternary nitrogens is 1. The Morgan fingerprint density at radius 3 is 2.60 bits per heavy atom. The van der Waals surface area contributed by atoms with Crippen LogP contribution in [0, 0.1) is 20.8 Å². The minimum atomic E-state index is 0.195. The molecular formula is C22H25N2O+. The summed E-state index contributed by atoms with van der Waals surface area (Å²) in [4.78, 5) is 18.1. The van der Waals surface area contributed by atoms with Gasteiger partial charge in [0.05, 0.1) is 17.6 Å². The summed E-state index contributed by atoms with van der Waals surface area (Å²) < 4.78 is 0. The Labute approximate surface area is 148 Å². The Morgan fingerprint density at radius 1 is 1.04 bits per heavy atom. The molecule has 0 spiro atoms. The second-order valence-corrected chi connectivity index (χ2v) is 7.36. The van der Waals surface area contributed by atoms with E-state index in [1.807, 2.05) is 13.0 Å². The fourth-order valence-corrected chi connectivity index (χ4v) is 4.02. The van der Waals surface area contributed by atoms with Crippen LogP contribution in [0.15, 0.2) is 41.2 Å². The molecule has 25 heavy (non-hydrogen) atoms. The molecule has 0 bridgehead atoms. The van der Waals surface area contributed by atoms with Gasteiger partial charge in [-0.15, -0.1) is 0 Å². The summed E-state index contributed by atoms with van der Waals surface area (Å²) in [6.07, 6.45) is 1.09. The Kier molecular flexibility index (Phi) is 3.97. The lowest BCUT2D eigenvalue weighted by Gasteiger charge is -2.26. The van der Waals surface area contributed by atoms with Crippen LogP contribution in [0.5, 0.6) is 0 Å². The van der Waals surface area contributed by atoms with Crippen LogP contribution < -0.4 is 10.3 Å². The van der Waals surface area contributed by atoms with E-state index in [2.05, 4.69) is 49.2 Å². The van der Waals surface area contributed by atoms with Gasteiger partial charge in [0.15, 0.2) is 5.43 Å². The van der Waals surface area contributed by atoms with Crippen molar-refractivity contribution in [3.05, 3.63) is 80.1 Å². The van der Waals surface area contributed by atoms with Crippen molar-refractivity contribution >= 4 is 10.9 Å². The van der Waals surface area contributed by atoms with Gasteiger partial charge in [-0.3, -0.25) is 4.79 Å². The van der Waals surface area contributed by atoms with Crippen molar-refractivity contribution in [2.45, 2.75) is 40.3 Å². The lowest BCUT2D eigenvalue weighted by Crippen LogP contribution is -3.10. The van der Waals surface area contributed by atoms with Gasteiger partial charge in [0.1, 0.15) is 13.1 Å². The van der Waals surface area contributed by atoms with Crippen molar-refractivity contribution in [1.82, 2.24) is 4.98 Å². The van der Waals surface area contributed by atoms with E-state index in [0.29, 0.717) is 0 Å². The highest BCUT2D eigenvalue weighted by Gasteiger charge is 2.22. The van der Waals surface area contributed by atoms with E-state index in [4.69, 9.17) is 0 Å². The lowest BCUT2D eigenvalue weighted by atomic mass is 9.98. The number of H-pyrrole nitrogens is 1. The summed E-state index contributed by atoms with van der Waals surface area (Å²) in [6, 6.07) is 12.7. The number of aromatic nitrogens is 1. The largest absolute Gasteiger partial charge is 0.358 e. The van der Waals surface area contributed by atoms with Crippen LogP contribution >= 0.6 is 0 Å². The fraction of sp³-hybridized carbons (Fsp3) is 0.318. The first-order chi connectivity index (χ1) is 12.0. The molecule has 3 heteroatoms. The monoisotopic (exact) mass is 333 g/mol. The molecular weight excluding hydrogens is 308 g/mol. The number of benzene rings is 2. The second-order valence-electron chi connectivity index (χ2n) is 7.36. The molecule has 128 valence electrons. The molecule has 1 atom stereocenters. The number of pyridine rings is 1. The highest BCUT2D eigenvalue weighted by atomic mass is 16.1. The topological polar surface area (TPSA) is 37.3 Å². The predicted molar refractivity (Wildman–Crippen MR) is 102 cm³/mol. The molecule has 2 heterocycles. The Bertz CT molecular complexity index is 1020. The third-order valence-corrected chi connectivity index (χ3v) is 5.75. The SMILES string of the molecule is Cc1ccc2c(=O)c(C[NH+]3CCc4ccccc4C3)c(C)[nH]c2c1C. The van der Waals surface area contributed by atoms with Crippen molar-refractivity contribution in [3.63, 3.8) is 0 Å². The first-order valence-corrected chi connectivity index (χ1v) is 9.06. The van der Waals surface area contributed by atoms with Gasteiger partial charge in [-0.05, 0) is 43.5 Å². The molecule has 2 N–H and O–H groups in total. The van der Waals surface area contributed by atoms with Gasteiger partial charge < -0.3 is 9.88 Å². The maximum absolute atomic E-state index is 13.1. The maximum Gasteiger partial charge on any atom is 0.198 e. The molecule has 3 nitrogen and oxygen atoms in total. The highest BCUT2D eigenvalue weighted by Crippen LogP contribution is 2.19. The fourth-order valence-electron chi connectivity index (χ4n) is 4.02. The van der Waals surface area contributed by atoms with E-state index in [1.54, 1.807) is 0 Å². The van der Waals surface area contributed by atoms with Crippen LogP contribution in [-0.4, -0.2) is 11.5 Å². The Balaban J connectivity index is 1.71. The minimum absolute atomic E-state index is 0.195. The summed E-state index contributed by atoms with van der Waals surface area (Å²) in [7, 11) is 0. The van der Waals surface area contributed by atoms with E-state index in [-0.39, 0.29) is 5.43 Å². The smallest absolute Gasteiger partial charge is 0.198 e. The van der Waals surface area contributed by atoms with Gasteiger partial charge in [0, 0.05) is 23.1 Å². The summed E-state index contributed by atoms with van der Waals surface area (Å²) in [5.41, 5.74) is 8.40. The normalized spacial score (nSPS) is 16.8. The van der Waals surface area contributed by atoms with E-state index in [9.17, 15) is 4.79 Å². The molecule has 1 aromatic heterocycles. The summed E-state index contributed by atoms with van der Waals surface area (Å²) in [5, 5.41) is 0.820. The number of aryl methyl sites for hydroxylation is 3. The zero-order chi connectivity index (χ0) is 17.6. The van der Waals surface area contributed by atoms with E-state index in [0.717, 1.165) is 48.2 Å². The molecule has 1 aliphatic rings. The molecule has 0 radical (unpaired) electrons. The van der Waals surface area contributed by atoms with Gasteiger partial charge in [0.25, 0.3) is 0 Å². The van der Waals surface area contributed by atoms with Crippen molar-refractivity contribution in [2.24, 2.45) is 0 Å². The standard InChI is InChI=1S/C22H24N2O/c1-14-8-9-19-21(15(14)2)23-16(3)20(22(19)25)13-24-11-10-17-6-4-5-7-18(17)12-24/h4-9H,10-13H2,1-3H3,(H,23,25)/p+1. The molecule has 3 aromatic rings. The molecule has 0 saturated carbocycles. The number of aromatic amines is 1.